The van der Waals surface area contributed by atoms with Crippen LogP contribution >= 0.6 is 0 Å². The number of nitro groups is 1. The maximum absolute atomic E-state index is 13.0. The molecule has 33 heavy (non-hydrogen) atoms. The van der Waals surface area contributed by atoms with Crippen molar-refractivity contribution in [3.05, 3.63) is 58.5 Å². The monoisotopic (exact) mass is 476 g/mol. The zero-order valence-corrected chi connectivity index (χ0v) is 18.6. The van der Waals surface area contributed by atoms with Gasteiger partial charge in [0.1, 0.15) is 0 Å². The summed E-state index contributed by atoms with van der Waals surface area (Å²) in [6.45, 7) is 1.83. The van der Waals surface area contributed by atoms with Gasteiger partial charge in [0.2, 0.25) is 15.9 Å². The molecule has 0 saturated carbocycles. The van der Waals surface area contributed by atoms with Crippen molar-refractivity contribution in [2.75, 3.05) is 39.3 Å². The number of para-hydroxylation sites is 1. The molecule has 0 radical (unpaired) electrons. The lowest BCUT2D eigenvalue weighted by atomic mass is 9.96. The molecule has 0 bridgehead atoms. The van der Waals surface area contributed by atoms with E-state index in [9.17, 15) is 28.1 Å². The van der Waals surface area contributed by atoms with Crippen molar-refractivity contribution < 1.29 is 27.3 Å². The van der Waals surface area contributed by atoms with Gasteiger partial charge in [-0.15, -0.1) is 0 Å². The third-order valence-electron chi connectivity index (χ3n) is 6.09. The van der Waals surface area contributed by atoms with Crippen molar-refractivity contribution in [3.8, 4) is 0 Å². The smallest absolute Gasteiger partial charge is 0.289 e. The first kappa shape index (κ1) is 22.9. The molecule has 11 nitrogen and oxygen atoms in total. The van der Waals surface area contributed by atoms with Crippen LogP contribution in [0.1, 0.15) is 23.4 Å². The van der Waals surface area contributed by atoms with Crippen LogP contribution in [0.2, 0.25) is 0 Å². The molecule has 1 aromatic heterocycles. The molecule has 2 aliphatic rings. The molecule has 2 aromatic rings. The first-order chi connectivity index (χ1) is 15.8. The summed E-state index contributed by atoms with van der Waals surface area (Å²) in [5.41, 5.74) is -0.460. The summed E-state index contributed by atoms with van der Waals surface area (Å²) >= 11 is 0. The summed E-state index contributed by atoms with van der Waals surface area (Å²) in [5.74, 6) is -0.319. The number of nitrogens with zero attached hydrogens (tertiary/aromatic N) is 4. The fourth-order valence-corrected chi connectivity index (χ4v) is 5.88. The molecule has 0 N–H and O–H groups in total. The molecular weight excluding hydrogens is 452 g/mol. The molecule has 4 rings (SSSR count). The molecule has 0 atom stereocenters. The Balaban J connectivity index is 1.33. The van der Waals surface area contributed by atoms with E-state index in [1.807, 2.05) is 0 Å². The second kappa shape index (κ2) is 9.32. The number of rotatable bonds is 5. The minimum absolute atomic E-state index is 0.0529. The second-order valence-corrected chi connectivity index (χ2v) is 9.90. The number of hydrogen-bond acceptors (Lipinski definition) is 7. The summed E-state index contributed by atoms with van der Waals surface area (Å²) in [7, 11) is -4.04. The van der Waals surface area contributed by atoms with Crippen molar-refractivity contribution in [3.63, 3.8) is 0 Å². The van der Waals surface area contributed by atoms with Crippen molar-refractivity contribution >= 4 is 27.5 Å². The van der Waals surface area contributed by atoms with E-state index < -0.39 is 20.6 Å². The summed E-state index contributed by atoms with van der Waals surface area (Å²) in [6.07, 6.45) is 2.12. The number of piperazine rings is 1. The third-order valence-corrected chi connectivity index (χ3v) is 8.04. The highest BCUT2D eigenvalue weighted by molar-refractivity contribution is 7.89. The number of nitro benzene ring substituents is 1. The fourth-order valence-electron chi connectivity index (χ4n) is 4.25. The van der Waals surface area contributed by atoms with Crippen molar-refractivity contribution in [2.45, 2.75) is 17.7 Å². The first-order valence-electron chi connectivity index (χ1n) is 10.6. The van der Waals surface area contributed by atoms with Crippen LogP contribution in [0.15, 0.2) is 52.0 Å². The zero-order valence-electron chi connectivity index (χ0n) is 17.8. The van der Waals surface area contributed by atoms with Crippen LogP contribution in [0.25, 0.3) is 0 Å². The van der Waals surface area contributed by atoms with Crippen LogP contribution in [0.4, 0.5) is 5.69 Å². The number of furan rings is 1. The Morgan fingerprint density at radius 2 is 1.58 bits per heavy atom. The normalized spacial score (nSPS) is 18.3. The highest BCUT2D eigenvalue weighted by Crippen LogP contribution is 2.30. The van der Waals surface area contributed by atoms with E-state index >= 15 is 0 Å². The second-order valence-electron chi connectivity index (χ2n) is 8.00. The maximum Gasteiger partial charge on any atom is 0.289 e. The molecule has 0 aliphatic carbocycles. The zero-order chi connectivity index (χ0) is 23.6. The van der Waals surface area contributed by atoms with Crippen LogP contribution in [0, 0.1) is 16.0 Å². The van der Waals surface area contributed by atoms with Gasteiger partial charge < -0.3 is 14.2 Å². The van der Waals surface area contributed by atoms with E-state index in [1.54, 1.807) is 21.9 Å². The average molecular weight is 477 g/mol. The van der Waals surface area contributed by atoms with E-state index in [0.717, 1.165) is 0 Å². The minimum atomic E-state index is -4.04. The van der Waals surface area contributed by atoms with E-state index in [4.69, 9.17) is 4.42 Å². The van der Waals surface area contributed by atoms with Gasteiger partial charge in [0.05, 0.1) is 11.2 Å². The van der Waals surface area contributed by atoms with Gasteiger partial charge in [-0.3, -0.25) is 19.7 Å². The Hall–Kier alpha value is -3.25. The van der Waals surface area contributed by atoms with Crippen LogP contribution in [-0.2, 0) is 14.8 Å². The van der Waals surface area contributed by atoms with E-state index in [0.29, 0.717) is 39.0 Å². The molecule has 12 heteroatoms. The minimum Gasteiger partial charge on any atom is -0.459 e. The molecule has 2 fully saturated rings. The molecule has 2 amide bonds. The summed E-state index contributed by atoms with van der Waals surface area (Å²) in [5, 5.41) is 11.2. The average Bonchev–Trinajstić information content (AvgIpc) is 3.38. The molecule has 2 aliphatic heterocycles. The maximum atomic E-state index is 13.0. The number of sulfonamides is 1. The van der Waals surface area contributed by atoms with Crippen molar-refractivity contribution in [1.82, 2.24) is 14.1 Å². The summed E-state index contributed by atoms with van der Waals surface area (Å²) in [6, 6.07) is 8.52. The number of carbonyl (C=O) groups excluding carboxylic acids is 2. The van der Waals surface area contributed by atoms with Crippen LogP contribution < -0.4 is 0 Å². The lowest BCUT2D eigenvalue weighted by Crippen LogP contribution is -2.53. The molecule has 0 unspecified atom stereocenters. The van der Waals surface area contributed by atoms with Crippen LogP contribution in [0.3, 0.4) is 0 Å². The predicted molar refractivity (Wildman–Crippen MR) is 116 cm³/mol. The van der Waals surface area contributed by atoms with Gasteiger partial charge in [-0.2, -0.15) is 4.31 Å². The number of hydrogen-bond donors (Lipinski definition) is 0. The standard InChI is InChI=1S/C21H24N4O7S/c26-20(22-11-13-23(14-12-22)21(27)18-5-3-15-32-18)16-7-9-24(10-8-16)33(30,31)19-6-2-1-4-17(19)25(28)29/h1-6,15-16H,7-14H2. The molecule has 0 spiro atoms. The Labute approximate surface area is 190 Å². The quantitative estimate of drug-likeness (QED) is 0.472. The molecular formula is C21H24N4O7S. The Kier molecular flexibility index (Phi) is 6.47. The third kappa shape index (κ3) is 4.62. The van der Waals surface area contributed by atoms with Gasteiger partial charge in [-0.25, -0.2) is 8.42 Å². The number of amides is 2. The lowest BCUT2D eigenvalue weighted by molar-refractivity contribution is -0.387. The van der Waals surface area contributed by atoms with Gasteiger partial charge >= 0.3 is 0 Å². The van der Waals surface area contributed by atoms with Crippen molar-refractivity contribution in [2.24, 2.45) is 5.92 Å². The lowest BCUT2D eigenvalue weighted by Gasteiger charge is -2.38. The highest BCUT2D eigenvalue weighted by Gasteiger charge is 2.37. The van der Waals surface area contributed by atoms with Gasteiger partial charge in [0, 0.05) is 51.3 Å². The summed E-state index contributed by atoms with van der Waals surface area (Å²) in [4.78, 5) is 38.9. The largest absolute Gasteiger partial charge is 0.459 e. The number of benzene rings is 1. The van der Waals surface area contributed by atoms with Gasteiger partial charge in [0.25, 0.3) is 11.6 Å². The Bertz CT molecular complexity index is 1130. The number of carbonyl (C=O) groups is 2. The summed E-state index contributed by atoms with van der Waals surface area (Å²) < 4.78 is 32.3. The van der Waals surface area contributed by atoms with Crippen LogP contribution in [0.5, 0.6) is 0 Å². The Morgan fingerprint density at radius 3 is 2.18 bits per heavy atom. The molecule has 1 aromatic carbocycles. The Morgan fingerprint density at radius 1 is 0.939 bits per heavy atom. The highest BCUT2D eigenvalue weighted by atomic mass is 32.2. The predicted octanol–water partition coefficient (Wildman–Crippen LogP) is 1.57. The fraction of sp³-hybridized carbons (Fsp3) is 0.429. The topological polar surface area (TPSA) is 134 Å². The van der Waals surface area contributed by atoms with Gasteiger partial charge in [-0.1, -0.05) is 12.1 Å². The van der Waals surface area contributed by atoms with Gasteiger partial charge in [0.15, 0.2) is 10.7 Å². The molecule has 2 saturated heterocycles. The van der Waals surface area contributed by atoms with Crippen molar-refractivity contribution in [1.29, 1.82) is 0 Å². The van der Waals surface area contributed by atoms with E-state index in [1.165, 1.54) is 34.8 Å². The molecule has 176 valence electrons. The molecule has 3 heterocycles. The SMILES string of the molecule is O=C(c1ccco1)N1CCN(C(=O)C2CCN(S(=O)(=O)c3ccccc3[N+](=O)[O-])CC2)CC1. The van der Waals surface area contributed by atoms with Gasteiger partial charge in [-0.05, 0) is 31.0 Å². The van der Waals surface area contributed by atoms with E-state index in [2.05, 4.69) is 0 Å². The van der Waals surface area contributed by atoms with Crippen LogP contribution in [-0.4, -0.2) is 78.5 Å². The first-order valence-corrected chi connectivity index (χ1v) is 12.1. The number of piperidine rings is 1. The van der Waals surface area contributed by atoms with E-state index in [-0.39, 0.29) is 41.5 Å².